The van der Waals surface area contributed by atoms with Gasteiger partial charge in [0, 0.05) is 44.9 Å². The number of aliphatic hydroxyl groups is 2. The molecular weight excluding hydrogens is 482 g/mol. The second-order valence-electron chi connectivity index (χ2n) is 9.27. The van der Waals surface area contributed by atoms with Crippen molar-refractivity contribution >= 4 is 30.8 Å². The number of rotatable bonds is 12. The maximum Gasteiger partial charge on any atom is 1.00 e. The average molecular weight is 524 g/mol. The average Bonchev–Trinajstić information content (AvgIpc) is 3.38. The molecular formula is C19H41BN6NaO5Si2. The molecule has 2 heterocycles. The SMILES string of the molecule is CO.C[Si](C)(C)CCOCn1ncnc1C=O.C[Si](C)(C)CCOCn1ncnc1CO.[B].[H-].[Na+]. The molecule has 0 saturated heterocycles. The second-order valence-corrected chi connectivity index (χ2v) is 20.5. The first-order chi connectivity index (χ1) is 15.1. The molecule has 34 heavy (non-hydrogen) atoms. The van der Waals surface area contributed by atoms with Gasteiger partial charge in [-0.05, 0) is 12.1 Å². The van der Waals surface area contributed by atoms with Crippen LogP contribution in [0, 0.1) is 0 Å². The van der Waals surface area contributed by atoms with Crippen LogP contribution in [0.15, 0.2) is 12.7 Å². The van der Waals surface area contributed by atoms with Crippen LogP contribution in [0.3, 0.4) is 0 Å². The predicted molar refractivity (Wildman–Crippen MR) is 135 cm³/mol. The molecule has 0 spiro atoms. The Kier molecular flexibility index (Phi) is 22.8. The smallest absolute Gasteiger partial charge is 1.00 e. The van der Waals surface area contributed by atoms with E-state index in [1.165, 1.54) is 17.3 Å². The van der Waals surface area contributed by atoms with E-state index in [2.05, 4.69) is 59.4 Å². The standard InChI is InChI=1S/C9H19N3O2Si.C9H17N3O2Si.CH4O.B.Na.H/c2*1-15(2,3)5-4-14-8-12-9(6-13)10-7-11-12;1-2;;;/h7,13H,4-6,8H2,1-3H3;6-7H,4-5,8H2,1-3H3;2H,1H3;;;/q;;;;+1;-1. The van der Waals surface area contributed by atoms with Crippen LogP contribution >= 0.6 is 0 Å². The van der Waals surface area contributed by atoms with Crippen molar-refractivity contribution in [3.63, 3.8) is 0 Å². The maximum atomic E-state index is 10.5. The molecule has 2 aromatic heterocycles. The van der Waals surface area contributed by atoms with E-state index in [9.17, 15) is 4.79 Å². The summed E-state index contributed by atoms with van der Waals surface area (Å²) in [6.07, 6.45) is 3.45. The summed E-state index contributed by atoms with van der Waals surface area (Å²) in [5, 5.41) is 23.8. The Labute approximate surface area is 231 Å². The van der Waals surface area contributed by atoms with Gasteiger partial charge < -0.3 is 21.1 Å². The van der Waals surface area contributed by atoms with E-state index in [1.54, 1.807) is 4.68 Å². The number of aliphatic hydroxyl groups excluding tert-OH is 2. The fourth-order valence-electron chi connectivity index (χ4n) is 2.04. The third-order valence-corrected chi connectivity index (χ3v) is 7.42. The summed E-state index contributed by atoms with van der Waals surface area (Å²) in [4.78, 5) is 18.2. The van der Waals surface area contributed by atoms with Crippen molar-refractivity contribution in [3.05, 3.63) is 24.3 Å². The minimum Gasteiger partial charge on any atom is -1.00 e. The minimum atomic E-state index is -1.04. The Balaban J connectivity index is -0.000000237. The first-order valence-corrected chi connectivity index (χ1v) is 17.9. The number of ether oxygens (including phenoxy) is 2. The van der Waals surface area contributed by atoms with Gasteiger partial charge in [0.1, 0.15) is 32.7 Å². The minimum absolute atomic E-state index is 0. The van der Waals surface area contributed by atoms with Crippen LogP contribution in [0.25, 0.3) is 0 Å². The van der Waals surface area contributed by atoms with Gasteiger partial charge in [-0.2, -0.15) is 10.2 Å². The van der Waals surface area contributed by atoms with Crippen LogP contribution in [0.5, 0.6) is 0 Å². The third-order valence-electron chi connectivity index (χ3n) is 4.01. The van der Waals surface area contributed by atoms with Crippen LogP contribution < -0.4 is 29.6 Å². The van der Waals surface area contributed by atoms with Crippen LogP contribution in [0.2, 0.25) is 51.4 Å². The van der Waals surface area contributed by atoms with Crippen LogP contribution in [0.4, 0.5) is 0 Å². The number of aromatic nitrogens is 6. The Morgan fingerprint density at radius 2 is 1.35 bits per heavy atom. The predicted octanol–water partition coefficient (Wildman–Crippen LogP) is -1.17. The van der Waals surface area contributed by atoms with Crippen molar-refractivity contribution < 1.29 is 55.5 Å². The largest absolute Gasteiger partial charge is 1.00 e. The Bertz CT molecular complexity index is 763. The van der Waals surface area contributed by atoms with E-state index in [4.69, 9.17) is 19.7 Å². The van der Waals surface area contributed by atoms with Crippen molar-refractivity contribution in [2.75, 3.05) is 20.3 Å². The van der Waals surface area contributed by atoms with E-state index in [0.717, 1.165) is 25.8 Å². The molecule has 2 aromatic rings. The summed E-state index contributed by atoms with van der Waals surface area (Å²) in [7, 11) is -1.06. The van der Waals surface area contributed by atoms with E-state index >= 15 is 0 Å². The summed E-state index contributed by atoms with van der Waals surface area (Å²) in [5.74, 6) is 0.853. The molecule has 15 heteroatoms. The quantitative estimate of drug-likeness (QED) is 0.200. The maximum absolute atomic E-state index is 10.5. The van der Waals surface area contributed by atoms with Crippen molar-refractivity contribution in [1.82, 2.24) is 29.5 Å². The molecule has 2 rings (SSSR count). The topological polar surface area (TPSA) is 137 Å². The van der Waals surface area contributed by atoms with Gasteiger partial charge >= 0.3 is 29.6 Å². The summed E-state index contributed by atoms with van der Waals surface area (Å²) < 4.78 is 13.9. The van der Waals surface area contributed by atoms with Crippen molar-refractivity contribution in [3.8, 4) is 0 Å². The van der Waals surface area contributed by atoms with Gasteiger partial charge in [0.25, 0.3) is 0 Å². The first-order valence-electron chi connectivity index (χ1n) is 10.5. The molecule has 0 aliphatic heterocycles. The van der Waals surface area contributed by atoms with Crippen molar-refractivity contribution in [1.29, 1.82) is 0 Å². The molecule has 0 bridgehead atoms. The molecule has 0 amide bonds. The second kappa shape index (κ2) is 20.5. The van der Waals surface area contributed by atoms with Crippen LogP contribution in [-0.4, -0.2) is 90.9 Å². The number of hydrogen-bond acceptors (Lipinski definition) is 9. The zero-order chi connectivity index (χ0) is 24.6. The van der Waals surface area contributed by atoms with Crippen LogP contribution in [-0.2, 0) is 29.5 Å². The van der Waals surface area contributed by atoms with Gasteiger partial charge in [-0.15, -0.1) is 0 Å². The van der Waals surface area contributed by atoms with Gasteiger partial charge in [0.05, 0.1) is 0 Å². The third kappa shape index (κ3) is 18.6. The molecule has 0 saturated carbocycles. The zero-order valence-corrected chi connectivity index (χ0v) is 26.1. The molecule has 189 valence electrons. The van der Waals surface area contributed by atoms with E-state index in [-0.39, 0.29) is 46.0 Å². The van der Waals surface area contributed by atoms with Gasteiger partial charge in [-0.25, -0.2) is 19.3 Å². The Morgan fingerprint density at radius 3 is 1.79 bits per heavy atom. The molecule has 0 aromatic carbocycles. The molecule has 0 aliphatic carbocycles. The van der Waals surface area contributed by atoms with Crippen molar-refractivity contribution in [2.45, 2.75) is 71.4 Å². The number of hydrogen-bond donors (Lipinski definition) is 2. The summed E-state index contributed by atoms with van der Waals surface area (Å²) in [6, 6.07) is 2.24. The summed E-state index contributed by atoms with van der Waals surface area (Å²) >= 11 is 0. The zero-order valence-electron chi connectivity index (χ0n) is 23.1. The number of aldehydes is 1. The fraction of sp³-hybridized carbons (Fsp3) is 0.737. The van der Waals surface area contributed by atoms with E-state index < -0.39 is 16.1 Å². The molecule has 11 nitrogen and oxygen atoms in total. The summed E-state index contributed by atoms with van der Waals surface area (Å²) in [5.41, 5.74) is 0. The van der Waals surface area contributed by atoms with Gasteiger partial charge in [-0.3, -0.25) is 4.79 Å². The Morgan fingerprint density at radius 1 is 0.912 bits per heavy atom. The monoisotopic (exact) mass is 523 g/mol. The number of carbonyl (C=O) groups excluding carboxylic acids is 1. The molecule has 3 radical (unpaired) electrons. The van der Waals surface area contributed by atoms with Gasteiger partial charge in [-0.1, -0.05) is 39.3 Å². The van der Waals surface area contributed by atoms with Gasteiger partial charge in [0.2, 0.25) is 0 Å². The molecule has 2 N–H and O–H groups in total. The van der Waals surface area contributed by atoms with Crippen molar-refractivity contribution in [2.24, 2.45) is 0 Å². The summed E-state index contributed by atoms with van der Waals surface area (Å²) in [6.45, 7) is 15.9. The fourth-order valence-corrected chi connectivity index (χ4v) is 3.55. The molecule has 0 aliphatic rings. The number of carbonyl (C=O) groups is 1. The van der Waals surface area contributed by atoms with Gasteiger partial charge in [0.15, 0.2) is 17.9 Å². The first kappa shape index (κ1) is 37.8. The number of nitrogens with zero attached hydrogens (tertiary/aromatic N) is 6. The van der Waals surface area contributed by atoms with E-state index in [1.807, 2.05) is 0 Å². The molecule has 0 atom stereocenters. The molecule has 0 unspecified atom stereocenters. The molecule has 0 fully saturated rings. The van der Waals surface area contributed by atoms with E-state index in [0.29, 0.717) is 38.0 Å². The normalized spacial score (nSPS) is 10.6. The Hall–Kier alpha value is -0.711. The van der Waals surface area contributed by atoms with Crippen LogP contribution in [0.1, 0.15) is 17.9 Å².